The highest BCUT2D eigenvalue weighted by Crippen LogP contribution is 2.03. The Balaban J connectivity index is 2.80. The molecule has 0 heterocycles. The molecule has 0 unspecified atom stereocenters. The number of hydrogen-bond donors (Lipinski definition) is 0. The van der Waals surface area contributed by atoms with Crippen molar-refractivity contribution >= 4 is 24.3 Å². The van der Waals surface area contributed by atoms with Gasteiger partial charge >= 0.3 is 6.03 Å². The van der Waals surface area contributed by atoms with E-state index in [2.05, 4.69) is 0 Å². The van der Waals surface area contributed by atoms with Gasteiger partial charge in [0, 0.05) is 20.2 Å². The SMILES string of the molecule is CN(C)C(=O)N(C[C]=O)C(=O)/C=C/c1ccccc1. The van der Waals surface area contributed by atoms with Crippen LogP contribution in [0.1, 0.15) is 5.56 Å². The maximum Gasteiger partial charge on any atom is 0.326 e. The van der Waals surface area contributed by atoms with Crippen molar-refractivity contribution in [2.45, 2.75) is 0 Å². The van der Waals surface area contributed by atoms with Gasteiger partial charge in [0.2, 0.25) is 6.29 Å². The summed E-state index contributed by atoms with van der Waals surface area (Å²) in [4.78, 5) is 36.0. The number of imide groups is 1. The van der Waals surface area contributed by atoms with Gasteiger partial charge in [-0.05, 0) is 11.6 Å². The lowest BCUT2D eigenvalue weighted by atomic mass is 10.2. The van der Waals surface area contributed by atoms with Crippen molar-refractivity contribution in [3.05, 3.63) is 42.0 Å². The molecule has 0 fully saturated rings. The van der Waals surface area contributed by atoms with E-state index in [0.717, 1.165) is 10.5 Å². The summed E-state index contributed by atoms with van der Waals surface area (Å²) in [6, 6.07) is 8.65. The summed E-state index contributed by atoms with van der Waals surface area (Å²) >= 11 is 0. The highest BCUT2D eigenvalue weighted by Gasteiger charge is 2.20. The van der Waals surface area contributed by atoms with Crippen LogP contribution in [0.4, 0.5) is 4.79 Å². The molecule has 0 spiro atoms. The van der Waals surface area contributed by atoms with Gasteiger partial charge in [0.15, 0.2) is 0 Å². The maximum atomic E-state index is 11.9. The monoisotopic (exact) mass is 259 g/mol. The Kier molecular flexibility index (Phi) is 5.47. The summed E-state index contributed by atoms with van der Waals surface area (Å²) in [5, 5.41) is 0. The van der Waals surface area contributed by atoms with Crippen molar-refractivity contribution in [1.82, 2.24) is 9.80 Å². The molecule has 0 N–H and O–H groups in total. The van der Waals surface area contributed by atoms with E-state index in [-0.39, 0.29) is 6.54 Å². The lowest BCUT2D eigenvalue weighted by molar-refractivity contribution is -0.123. The Morgan fingerprint density at radius 1 is 1.21 bits per heavy atom. The van der Waals surface area contributed by atoms with Gasteiger partial charge < -0.3 is 4.90 Å². The number of benzene rings is 1. The lowest BCUT2D eigenvalue weighted by Gasteiger charge is -2.20. The van der Waals surface area contributed by atoms with Crippen molar-refractivity contribution in [1.29, 1.82) is 0 Å². The Labute approximate surface area is 112 Å². The van der Waals surface area contributed by atoms with Crippen LogP contribution in [0.3, 0.4) is 0 Å². The molecule has 19 heavy (non-hydrogen) atoms. The predicted molar refractivity (Wildman–Crippen MR) is 72.0 cm³/mol. The zero-order chi connectivity index (χ0) is 14.3. The van der Waals surface area contributed by atoms with Crippen molar-refractivity contribution < 1.29 is 14.4 Å². The number of carbonyl (C=O) groups is 2. The summed E-state index contributed by atoms with van der Waals surface area (Å²) in [6.45, 7) is -0.380. The summed E-state index contributed by atoms with van der Waals surface area (Å²) in [5.41, 5.74) is 0.836. The van der Waals surface area contributed by atoms with Crippen molar-refractivity contribution in [3.8, 4) is 0 Å². The topological polar surface area (TPSA) is 57.7 Å². The number of hydrogen-bond acceptors (Lipinski definition) is 3. The average Bonchev–Trinajstić information content (AvgIpc) is 2.42. The van der Waals surface area contributed by atoms with E-state index in [4.69, 9.17) is 0 Å². The fourth-order valence-electron chi connectivity index (χ4n) is 1.37. The fraction of sp³-hybridized carbons (Fsp3) is 0.214. The maximum absolute atomic E-state index is 11.9. The summed E-state index contributed by atoms with van der Waals surface area (Å²) < 4.78 is 0. The van der Waals surface area contributed by atoms with Crippen LogP contribution in [0.2, 0.25) is 0 Å². The van der Waals surface area contributed by atoms with E-state index >= 15 is 0 Å². The third-order valence-electron chi connectivity index (χ3n) is 2.32. The third-order valence-corrected chi connectivity index (χ3v) is 2.32. The molecule has 1 radical (unpaired) electrons. The molecule has 5 heteroatoms. The van der Waals surface area contributed by atoms with Crippen molar-refractivity contribution in [2.24, 2.45) is 0 Å². The zero-order valence-corrected chi connectivity index (χ0v) is 10.9. The first-order valence-corrected chi connectivity index (χ1v) is 5.67. The van der Waals surface area contributed by atoms with E-state index in [1.54, 1.807) is 12.4 Å². The Hall–Kier alpha value is -2.43. The minimum atomic E-state index is -0.550. The molecule has 0 aliphatic carbocycles. The fourth-order valence-corrected chi connectivity index (χ4v) is 1.37. The van der Waals surface area contributed by atoms with Gasteiger partial charge in [0.25, 0.3) is 5.91 Å². The Morgan fingerprint density at radius 3 is 2.37 bits per heavy atom. The van der Waals surface area contributed by atoms with Crippen LogP contribution in [0.25, 0.3) is 6.08 Å². The number of amides is 3. The lowest BCUT2D eigenvalue weighted by Crippen LogP contribution is -2.43. The molecule has 0 bridgehead atoms. The second-order valence-electron chi connectivity index (χ2n) is 3.99. The Bertz CT molecular complexity index is 481. The molecule has 1 rings (SSSR count). The smallest absolute Gasteiger partial charge is 0.326 e. The highest BCUT2D eigenvalue weighted by atomic mass is 16.2. The minimum absolute atomic E-state index is 0.380. The first-order valence-electron chi connectivity index (χ1n) is 5.67. The van der Waals surface area contributed by atoms with Crippen molar-refractivity contribution in [2.75, 3.05) is 20.6 Å². The van der Waals surface area contributed by atoms with E-state index in [1.807, 2.05) is 30.3 Å². The summed E-state index contributed by atoms with van der Waals surface area (Å²) in [5.74, 6) is -0.550. The zero-order valence-electron chi connectivity index (χ0n) is 10.9. The summed E-state index contributed by atoms with van der Waals surface area (Å²) in [7, 11) is 3.02. The van der Waals surface area contributed by atoms with E-state index in [9.17, 15) is 14.4 Å². The molecule has 0 aliphatic heterocycles. The molecule has 0 saturated carbocycles. The highest BCUT2D eigenvalue weighted by molar-refractivity contribution is 6.03. The minimum Gasteiger partial charge on any atom is -0.330 e. The number of urea groups is 1. The van der Waals surface area contributed by atoms with Gasteiger partial charge in [-0.25, -0.2) is 4.79 Å². The van der Waals surface area contributed by atoms with Gasteiger partial charge in [-0.2, -0.15) is 0 Å². The normalized spacial score (nSPS) is 10.2. The van der Waals surface area contributed by atoms with Crippen LogP contribution in [0.15, 0.2) is 36.4 Å². The van der Waals surface area contributed by atoms with Crippen LogP contribution in [-0.2, 0) is 9.59 Å². The third kappa shape index (κ3) is 4.39. The van der Waals surface area contributed by atoms with Gasteiger partial charge in [-0.3, -0.25) is 14.5 Å². The van der Waals surface area contributed by atoms with Crippen LogP contribution >= 0.6 is 0 Å². The predicted octanol–water partition coefficient (Wildman–Crippen LogP) is 1.32. The molecule has 99 valence electrons. The van der Waals surface area contributed by atoms with Crippen LogP contribution < -0.4 is 0 Å². The molecule has 3 amide bonds. The van der Waals surface area contributed by atoms with Gasteiger partial charge in [0.05, 0.1) is 6.54 Å². The molecule has 0 aromatic heterocycles. The standard InChI is InChI=1S/C14H15N2O3/c1-15(2)14(19)16(10-11-17)13(18)9-8-12-6-4-3-5-7-12/h3-9H,10H2,1-2H3/b9-8+. The van der Waals surface area contributed by atoms with E-state index in [0.29, 0.717) is 0 Å². The molecule has 0 atom stereocenters. The van der Waals surface area contributed by atoms with E-state index < -0.39 is 11.9 Å². The van der Waals surface area contributed by atoms with Crippen LogP contribution in [0.5, 0.6) is 0 Å². The second-order valence-corrected chi connectivity index (χ2v) is 3.99. The van der Waals surface area contributed by atoms with E-state index in [1.165, 1.54) is 25.1 Å². The molecule has 5 nitrogen and oxygen atoms in total. The average molecular weight is 259 g/mol. The second kappa shape index (κ2) is 7.10. The quantitative estimate of drug-likeness (QED) is 0.766. The van der Waals surface area contributed by atoms with Crippen LogP contribution in [0, 0.1) is 0 Å². The molecule has 0 aliphatic rings. The van der Waals surface area contributed by atoms with Crippen LogP contribution in [-0.4, -0.2) is 48.7 Å². The van der Waals surface area contributed by atoms with Gasteiger partial charge in [-0.15, -0.1) is 0 Å². The number of rotatable bonds is 4. The largest absolute Gasteiger partial charge is 0.330 e. The molecular weight excluding hydrogens is 244 g/mol. The van der Waals surface area contributed by atoms with Crippen molar-refractivity contribution in [3.63, 3.8) is 0 Å². The number of carbonyl (C=O) groups excluding carboxylic acids is 3. The Morgan fingerprint density at radius 2 is 1.84 bits per heavy atom. The first-order chi connectivity index (χ1) is 9.06. The molecule has 1 aromatic carbocycles. The molecular formula is C14H15N2O3. The van der Waals surface area contributed by atoms with Gasteiger partial charge in [0.1, 0.15) is 0 Å². The summed E-state index contributed by atoms with van der Waals surface area (Å²) in [6.07, 6.45) is 4.40. The number of nitrogens with zero attached hydrogens (tertiary/aromatic N) is 2. The van der Waals surface area contributed by atoms with Gasteiger partial charge in [-0.1, -0.05) is 30.3 Å². The molecule has 1 aromatic rings. The first kappa shape index (κ1) is 14.6. The molecule has 0 saturated heterocycles.